The molecule has 1 aromatic heterocycles. The van der Waals surface area contributed by atoms with Gasteiger partial charge in [0.2, 0.25) is 11.8 Å². The summed E-state index contributed by atoms with van der Waals surface area (Å²) in [6.07, 6.45) is 10.4. The monoisotopic (exact) mass is 698 g/mol. The summed E-state index contributed by atoms with van der Waals surface area (Å²) in [4.78, 5) is 38.5. The van der Waals surface area contributed by atoms with Crippen LogP contribution in [0.1, 0.15) is 55.7 Å². The highest BCUT2D eigenvalue weighted by atomic mass is 32.2. The van der Waals surface area contributed by atoms with E-state index in [1.54, 1.807) is 23.1 Å². The van der Waals surface area contributed by atoms with Crippen LogP contribution in [0.5, 0.6) is 0 Å². The van der Waals surface area contributed by atoms with Crippen LogP contribution in [-0.2, 0) is 26.5 Å². The Labute approximate surface area is 293 Å². The van der Waals surface area contributed by atoms with E-state index in [0.717, 1.165) is 68.3 Å². The smallest absolute Gasteiger partial charge is 0.237 e. The van der Waals surface area contributed by atoms with Crippen molar-refractivity contribution in [3.63, 3.8) is 0 Å². The minimum absolute atomic E-state index is 0.0621. The number of rotatable bonds is 7. The maximum atomic E-state index is 14.1. The molecule has 2 N–H and O–H groups in total. The normalized spacial score (nSPS) is 28.8. The van der Waals surface area contributed by atoms with E-state index in [4.69, 9.17) is 0 Å². The zero-order valence-corrected chi connectivity index (χ0v) is 29.6. The van der Waals surface area contributed by atoms with Crippen molar-refractivity contribution in [1.29, 1.82) is 0 Å². The van der Waals surface area contributed by atoms with E-state index in [0.29, 0.717) is 48.9 Å². The van der Waals surface area contributed by atoms with Crippen molar-refractivity contribution in [1.82, 2.24) is 40.3 Å². The number of benzene rings is 2. The van der Waals surface area contributed by atoms with Crippen LogP contribution >= 0.6 is 0 Å². The summed E-state index contributed by atoms with van der Waals surface area (Å²) in [5, 5.41) is 4.38. The predicted octanol–water partition coefficient (Wildman–Crippen LogP) is 2.81. The third-order valence-corrected chi connectivity index (χ3v) is 13.0. The molecule has 50 heavy (non-hydrogen) atoms. The van der Waals surface area contributed by atoms with Crippen molar-refractivity contribution >= 4 is 27.2 Å². The number of hydrogen-bond donors (Lipinski definition) is 2. The maximum Gasteiger partial charge on any atom is 0.237 e. The second kappa shape index (κ2) is 13.0. The number of hydrogen-bond acceptors (Lipinski definition) is 9. The molecule has 1 saturated carbocycles. The zero-order valence-electron chi connectivity index (χ0n) is 28.8. The van der Waals surface area contributed by atoms with Crippen LogP contribution in [0.2, 0.25) is 0 Å². The van der Waals surface area contributed by atoms with Gasteiger partial charge in [-0.1, -0.05) is 42.5 Å². The van der Waals surface area contributed by atoms with E-state index < -0.39 is 15.3 Å². The fourth-order valence-corrected chi connectivity index (χ4v) is 9.62. The molecule has 1 spiro atoms. The van der Waals surface area contributed by atoms with Gasteiger partial charge in [-0.15, -0.1) is 0 Å². The number of carbonyl (C=O) groups is 2. The summed E-state index contributed by atoms with van der Waals surface area (Å²) in [5.41, 5.74) is 11.0. The average Bonchev–Trinajstić information content (AvgIpc) is 3.92. The molecule has 5 aliphatic rings. The van der Waals surface area contributed by atoms with Gasteiger partial charge in [0.1, 0.15) is 6.33 Å². The lowest BCUT2D eigenvalue weighted by molar-refractivity contribution is -0.139. The minimum atomic E-state index is -3.25. The molecule has 264 valence electrons. The van der Waals surface area contributed by atoms with Crippen molar-refractivity contribution in [2.45, 2.75) is 61.5 Å². The third kappa shape index (κ3) is 6.29. The van der Waals surface area contributed by atoms with Gasteiger partial charge in [-0.2, -0.15) is 5.10 Å². The Balaban J connectivity index is 0.848. The molecule has 5 heterocycles. The summed E-state index contributed by atoms with van der Waals surface area (Å²) in [6.45, 7) is 3.84. The maximum absolute atomic E-state index is 14.1. The summed E-state index contributed by atoms with van der Waals surface area (Å²) in [6, 6.07) is 16.1. The van der Waals surface area contributed by atoms with E-state index >= 15 is 0 Å². The van der Waals surface area contributed by atoms with E-state index in [1.807, 2.05) is 36.2 Å². The summed E-state index contributed by atoms with van der Waals surface area (Å²) in [5.74, 6) is 1.41. The van der Waals surface area contributed by atoms with Crippen LogP contribution in [0, 0.1) is 11.3 Å². The number of nitrogens with one attached hydrogen (secondary N) is 2. The number of hydrazine groups is 1. The van der Waals surface area contributed by atoms with Crippen LogP contribution in [0.3, 0.4) is 0 Å². The molecule has 1 aliphatic carbocycles. The number of fused-ring (bicyclic) bond motifs is 1. The van der Waals surface area contributed by atoms with Crippen molar-refractivity contribution < 1.29 is 18.0 Å². The standard InChI is InChI=1S/C37H46N8O4S/c1-42-24-38-35(41-42)28-5-3-25(4-6-28)26-13-17-44(18-14-26)33(46)22-43-19-15-37(23-43)16-20-45(36(37)47)29-9-12-32-31(21-29)34(40-39-32)27-7-10-30(11-8-27)50(2,48)49/h3-8,10-11,13,24,29,31-32,34,39-40H,9,12,14-23H2,1-2H3/t29?,31?,32?,34?,37-/m0/s1. The quantitative estimate of drug-likeness (QED) is 0.383. The Hall–Kier alpha value is -3.91. The fourth-order valence-electron chi connectivity index (χ4n) is 8.99. The second-order valence-corrected chi connectivity index (χ2v) is 17.0. The molecule has 4 fully saturated rings. The van der Waals surface area contributed by atoms with E-state index in [9.17, 15) is 18.0 Å². The molecular formula is C37H46N8O4S. The SMILES string of the molecule is Cn1cnc(-c2ccc(C3=CCN(C(=O)CN4CC[C@]5(CCN(C6CCC7NNC(c8ccc(S(C)(=O)=O)cc8)C7C6)C5=O)C4)CC3)cc2)n1. The number of carbonyl (C=O) groups excluding carboxylic acids is 2. The lowest BCUT2D eigenvalue weighted by Gasteiger charge is -2.38. The van der Waals surface area contributed by atoms with Crippen molar-refractivity contribution in [2.75, 3.05) is 45.5 Å². The van der Waals surface area contributed by atoms with Gasteiger partial charge >= 0.3 is 0 Å². The molecule has 2 aromatic carbocycles. The number of aromatic nitrogens is 3. The topological polar surface area (TPSA) is 133 Å². The molecule has 3 aromatic rings. The van der Waals surface area contributed by atoms with E-state index in [2.05, 4.69) is 48.9 Å². The summed E-state index contributed by atoms with van der Waals surface area (Å²) in [7, 11) is -1.39. The molecule has 3 saturated heterocycles. The Bertz CT molecular complexity index is 1910. The summed E-state index contributed by atoms with van der Waals surface area (Å²) >= 11 is 0. The van der Waals surface area contributed by atoms with E-state index in [-0.39, 0.29) is 23.9 Å². The Morgan fingerprint density at radius 3 is 2.44 bits per heavy atom. The first-order chi connectivity index (χ1) is 24.1. The molecule has 0 radical (unpaired) electrons. The molecule has 2 amide bonds. The highest BCUT2D eigenvalue weighted by Crippen LogP contribution is 2.45. The molecule has 13 heteroatoms. The molecule has 5 atom stereocenters. The average molecular weight is 699 g/mol. The lowest BCUT2D eigenvalue weighted by Crippen LogP contribution is -2.47. The first-order valence-corrected chi connectivity index (χ1v) is 19.7. The van der Waals surface area contributed by atoms with Crippen molar-refractivity contribution in [3.8, 4) is 11.4 Å². The Morgan fingerprint density at radius 2 is 1.74 bits per heavy atom. The van der Waals surface area contributed by atoms with Crippen molar-refractivity contribution in [2.24, 2.45) is 18.4 Å². The van der Waals surface area contributed by atoms with Gasteiger partial charge in [-0.3, -0.25) is 24.6 Å². The largest absolute Gasteiger partial charge is 0.339 e. The Kier molecular flexibility index (Phi) is 8.65. The predicted molar refractivity (Wildman–Crippen MR) is 189 cm³/mol. The molecule has 12 nitrogen and oxygen atoms in total. The van der Waals surface area contributed by atoms with E-state index in [1.165, 1.54) is 11.8 Å². The van der Waals surface area contributed by atoms with Crippen LogP contribution in [0.25, 0.3) is 17.0 Å². The van der Waals surface area contributed by atoms with Gasteiger partial charge in [0.05, 0.1) is 22.9 Å². The lowest BCUT2D eigenvalue weighted by atomic mass is 9.76. The second-order valence-electron chi connectivity index (χ2n) is 15.0. The molecule has 0 bridgehead atoms. The Morgan fingerprint density at radius 1 is 0.980 bits per heavy atom. The van der Waals surface area contributed by atoms with Crippen molar-refractivity contribution in [3.05, 3.63) is 72.1 Å². The van der Waals surface area contributed by atoms with Gasteiger partial charge in [-0.05, 0) is 79.8 Å². The van der Waals surface area contributed by atoms with Gasteiger partial charge < -0.3 is 9.80 Å². The third-order valence-electron chi connectivity index (χ3n) is 11.8. The number of likely N-dealkylation sites (tertiary alicyclic amines) is 2. The number of aryl methyl sites for hydroxylation is 1. The first kappa shape index (κ1) is 33.2. The fraction of sp³-hybridized carbons (Fsp3) is 0.514. The number of sulfone groups is 1. The van der Waals surface area contributed by atoms with Crippen LogP contribution in [0.15, 0.2) is 65.8 Å². The van der Waals surface area contributed by atoms with Crippen LogP contribution in [0.4, 0.5) is 0 Å². The highest BCUT2D eigenvalue weighted by Gasteiger charge is 2.53. The van der Waals surface area contributed by atoms with Gasteiger partial charge in [0, 0.05) is 57.1 Å². The van der Waals surface area contributed by atoms with Crippen LogP contribution in [-0.4, -0.2) is 107 Å². The number of nitrogens with zero attached hydrogens (tertiary/aromatic N) is 6. The van der Waals surface area contributed by atoms with Gasteiger partial charge in [0.15, 0.2) is 15.7 Å². The van der Waals surface area contributed by atoms with Crippen LogP contribution < -0.4 is 10.9 Å². The first-order valence-electron chi connectivity index (χ1n) is 17.8. The number of amides is 2. The molecular weight excluding hydrogens is 653 g/mol. The highest BCUT2D eigenvalue weighted by molar-refractivity contribution is 7.90. The van der Waals surface area contributed by atoms with Gasteiger partial charge in [0.25, 0.3) is 0 Å². The molecule has 8 rings (SSSR count). The minimum Gasteiger partial charge on any atom is -0.339 e. The zero-order chi connectivity index (χ0) is 34.6. The summed E-state index contributed by atoms with van der Waals surface area (Å²) < 4.78 is 25.6. The van der Waals surface area contributed by atoms with Gasteiger partial charge in [-0.25, -0.2) is 18.8 Å². The molecule has 4 unspecified atom stereocenters. The molecule has 4 aliphatic heterocycles.